The lowest BCUT2D eigenvalue weighted by molar-refractivity contribution is -0.117. The summed E-state index contributed by atoms with van der Waals surface area (Å²) in [5, 5.41) is 7.08. The summed E-state index contributed by atoms with van der Waals surface area (Å²) in [6, 6.07) is 1.76. The quantitative estimate of drug-likeness (QED) is 0.646. The number of nitrogens with zero attached hydrogens (tertiary/aromatic N) is 5. The van der Waals surface area contributed by atoms with Gasteiger partial charge in [-0.2, -0.15) is 5.10 Å². The first kappa shape index (κ1) is 19.0. The van der Waals surface area contributed by atoms with Crippen molar-refractivity contribution in [3.8, 4) is 17.0 Å². The van der Waals surface area contributed by atoms with E-state index in [0.717, 1.165) is 32.4 Å². The molecule has 1 saturated carbocycles. The first-order valence-corrected chi connectivity index (χ1v) is 10.4. The van der Waals surface area contributed by atoms with Gasteiger partial charge < -0.3 is 14.5 Å². The summed E-state index contributed by atoms with van der Waals surface area (Å²) < 4.78 is 24.4. The van der Waals surface area contributed by atoms with Crippen molar-refractivity contribution < 1.29 is 13.9 Å². The van der Waals surface area contributed by atoms with E-state index in [1.54, 1.807) is 34.7 Å². The van der Waals surface area contributed by atoms with Crippen LogP contribution >= 0.6 is 0 Å². The molecule has 1 amide bonds. The van der Waals surface area contributed by atoms with Crippen molar-refractivity contribution in [3.63, 3.8) is 0 Å². The van der Waals surface area contributed by atoms with Crippen LogP contribution in [0.4, 0.5) is 10.2 Å². The topological polar surface area (TPSA) is 76.7 Å². The number of imidazole rings is 1. The number of ether oxygens (including phenoxy) is 1. The molecule has 30 heavy (non-hydrogen) atoms. The maximum absolute atomic E-state index is 15.0. The second-order valence-corrected chi connectivity index (χ2v) is 8.05. The first-order chi connectivity index (χ1) is 14.5. The van der Waals surface area contributed by atoms with Gasteiger partial charge in [0.25, 0.3) is 0 Å². The number of amides is 1. The molecule has 0 bridgehead atoms. The van der Waals surface area contributed by atoms with Crippen LogP contribution in [-0.2, 0) is 11.8 Å². The number of nitrogens with one attached hydrogen (secondary N) is 1. The molecule has 2 fully saturated rings. The highest BCUT2D eigenvalue weighted by Gasteiger charge is 2.30. The number of carbonyl (C=O) groups excluding carboxylic acids is 1. The number of likely N-dealkylation sites (N-methyl/N-ethyl adjacent to an activating group) is 1. The number of aryl methyl sites for hydroxylation is 1. The zero-order valence-corrected chi connectivity index (χ0v) is 17.1. The fraction of sp³-hybridized carbons (Fsp3) is 0.476. The molecule has 1 aliphatic carbocycles. The monoisotopic (exact) mass is 412 g/mol. The molecule has 1 saturated heterocycles. The van der Waals surface area contributed by atoms with Gasteiger partial charge in [-0.25, -0.2) is 9.37 Å². The van der Waals surface area contributed by atoms with Gasteiger partial charge in [0.1, 0.15) is 23.8 Å². The second-order valence-electron chi connectivity index (χ2n) is 8.05. The molecule has 0 aromatic carbocycles. The predicted octanol–water partition coefficient (Wildman–Crippen LogP) is 2.70. The molecule has 0 radical (unpaired) electrons. The van der Waals surface area contributed by atoms with Gasteiger partial charge in [0.2, 0.25) is 5.91 Å². The molecule has 4 heterocycles. The van der Waals surface area contributed by atoms with Crippen molar-refractivity contribution in [3.05, 3.63) is 30.5 Å². The number of fused-ring (bicyclic) bond motifs is 1. The minimum absolute atomic E-state index is 0.0291. The average molecular weight is 412 g/mol. The molecule has 158 valence electrons. The summed E-state index contributed by atoms with van der Waals surface area (Å²) in [5.41, 5.74) is 1.38. The Kier molecular flexibility index (Phi) is 4.69. The van der Waals surface area contributed by atoms with Crippen LogP contribution in [0.2, 0.25) is 0 Å². The maximum atomic E-state index is 15.0. The van der Waals surface area contributed by atoms with E-state index < -0.39 is 5.82 Å². The third kappa shape index (κ3) is 3.43. The van der Waals surface area contributed by atoms with E-state index in [1.165, 1.54) is 6.07 Å². The molecule has 2 aliphatic rings. The van der Waals surface area contributed by atoms with Gasteiger partial charge in [-0.1, -0.05) is 6.92 Å². The largest absolute Gasteiger partial charge is 0.488 e. The Morgan fingerprint density at radius 2 is 2.17 bits per heavy atom. The third-order valence-electron chi connectivity index (χ3n) is 6.01. The fourth-order valence-electron chi connectivity index (χ4n) is 3.93. The van der Waals surface area contributed by atoms with E-state index in [-0.39, 0.29) is 11.8 Å². The molecule has 8 nitrogen and oxygen atoms in total. The lowest BCUT2D eigenvalue weighted by atomic mass is 10.0. The molecular formula is C21H25FN6O2. The van der Waals surface area contributed by atoms with Crippen LogP contribution in [-0.4, -0.2) is 55.7 Å². The van der Waals surface area contributed by atoms with Crippen LogP contribution in [0.3, 0.4) is 0 Å². The highest BCUT2D eigenvalue weighted by Crippen LogP contribution is 2.33. The molecule has 0 spiro atoms. The molecule has 3 aromatic heterocycles. The standard InChI is InChI=1S/C21H25FN6O2/c1-3-27-7-6-14(27)12-30-17-9-23-26(2)20(17)15-10-28-11-18(24-19(28)8-16(15)22)25-21(29)13-4-5-13/h8-11,13-14H,3-7,12H2,1-2H3,(H,25,29)/t14-/m1/s1. The van der Waals surface area contributed by atoms with Gasteiger partial charge in [-0.15, -0.1) is 0 Å². The van der Waals surface area contributed by atoms with Crippen molar-refractivity contribution >= 4 is 17.4 Å². The molecular weight excluding hydrogens is 387 g/mol. The number of carbonyl (C=O) groups is 1. The van der Waals surface area contributed by atoms with Crippen LogP contribution in [0.15, 0.2) is 24.7 Å². The van der Waals surface area contributed by atoms with Gasteiger partial charge in [0, 0.05) is 37.8 Å². The summed E-state index contributed by atoms with van der Waals surface area (Å²) in [6.45, 7) is 4.78. The normalized spacial score (nSPS) is 19.1. The fourth-order valence-corrected chi connectivity index (χ4v) is 3.93. The maximum Gasteiger partial charge on any atom is 0.228 e. The van der Waals surface area contributed by atoms with Crippen molar-refractivity contribution in [1.82, 2.24) is 24.1 Å². The Labute approximate surface area is 173 Å². The highest BCUT2D eigenvalue weighted by atomic mass is 19.1. The molecule has 3 aromatic rings. The number of hydrogen-bond acceptors (Lipinski definition) is 5. The van der Waals surface area contributed by atoms with E-state index in [2.05, 4.69) is 27.2 Å². The Hall–Kier alpha value is -2.94. The number of aromatic nitrogens is 4. The molecule has 5 rings (SSSR count). The smallest absolute Gasteiger partial charge is 0.228 e. The number of anilines is 1. The first-order valence-electron chi connectivity index (χ1n) is 10.4. The van der Waals surface area contributed by atoms with Crippen molar-refractivity contribution in [2.75, 3.05) is 25.0 Å². The van der Waals surface area contributed by atoms with E-state index in [9.17, 15) is 4.79 Å². The molecule has 1 aliphatic heterocycles. The minimum atomic E-state index is -0.416. The summed E-state index contributed by atoms with van der Waals surface area (Å²) >= 11 is 0. The average Bonchev–Trinajstić information content (AvgIpc) is 3.39. The van der Waals surface area contributed by atoms with Gasteiger partial charge in [0.15, 0.2) is 11.6 Å². The van der Waals surface area contributed by atoms with E-state index >= 15 is 4.39 Å². The molecule has 1 N–H and O–H groups in total. The van der Waals surface area contributed by atoms with Gasteiger partial charge in [-0.3, -0.25) is 14.4 Å². The van der Waals surface area contributed by atoms with Gasteiger partial charge in [0.05, 0.1) is 18.0 Å². The van der Waals surface area contributed by atoms with E-state index in [0.29, 0.717) is 41.1 Å². The number of halogens is 1. The Morgan fingerprint density at radius 3 is 2.87 bits per heavy atom. The van der Waals surface area contributed by atoms with Crippen LogP contribution < -0.4 is 10.1 Å². The molecule has 1 atom stereocenters. The van der Waals surface area contributed by atoms with Crippen LogP contribution in [0.1, 0.15) is 26.2 Å². The van der Waals surface area contributed by atoms with Crippen molar-refractivity contribution in [2.24, 2.45) is 13.0 Å². The number of hydrogen-bond donors (Lipinski definition) is 1. The zero-order valence-electron chi connectivity index (χ0n) is 17.1. The van der Waals surface area contributed by atoms with E-state index in [4.69, 9.17) is 4.74 Å². The highest BCUT2D eigenvalue weighted by molar-refractivity contribution is 5.93. The van der Waals surface area contributed by atoms with Crippen molar-refractivity contribution in [2.45, 2.75) is 32.2 Å². The SMILES string of the molecule is CCN1CC[C@@H]1COc1cnn(C)c1-c1cn2cc(NC(=O)C3CC3)nc2cc1F. The lowest BCUT2D eigenvalue weighted by Gasteiger charge is -2.39. The number of rotatable bonds is 7. The second kappa shape index (κ2) is 7.39. The van der Waals surface area contributed by atoms with Gasteiger partial charge in [-0.05, 0) is 25.8 Å². The van der Waals surface area contributed by atoms with Crippen LogP contribution in [0, 0.1) is 11.7 Å². The number of likely N-dealkylation sites (tertiary alicyclic amines) is 1. The summed E-state index contributed by atoms with van der Waals surface area (Å²) in [4.78, 5) is 18.7. The van der Waals surface area contributed by atoms with E-state index in [1.807, 2.05) is 0 Å². The Morgan fingerprint density at radius 1 is 1.33 bits per heavy atom. The van der Waals surface area contributed by atoms with Crippen LogP contribution in [0.25, 0.3) is 16.9 Å². The minimum Gasteiger partial charge on any atom is -0.488 e. The van der Waals surface area contributed by atoms with Crippen LogP contribution in [0.5, 0.6) is 5.75 Å². The van der Waals surface area contributed by atoms with Crippen molar-refractivity contribution in [1.29, 1.82) is 0 Å². The predicted molar refractivity (Wildman–Crippen MR) is 110 cm³/mol. The summed E-state index contributed by atoms with van der Waals surface area (Å²) in [6.07, 6.45) is 7.92. The van der Waals surface area contributed by atoms with Gasteiger partial charge >= 0.3 is 0 Å². The molecule has 0 unspecified atom stereocenters. The summed E-state index contributed by atoms with van der Waals surface area (Å²) in [7, 11) is 1.77. The number of pyridine rings is 1. The Bertz CT molecular complexity index is 1100. The lowest BCUT2D eigenvalue weighted by Crippen LogP contribution is -2.50. The zero-order chi connectivity index (χ0) is 20.8. The molecule has 9 heteroatoms. The Balaban J connectivity index is 1.41. The third-order valence-corrected chi connectivity index (χ3v) is 6.01. The summed E-state index contributed by atoms with van der Waals surface area (Å²) in [5.74, 6) is 0.616.